The Hall–Kier alpha value is -1.27. The molecule has 0 saturated carbocycles. The number of aryl methyl sites for hydroxylation is 1. The Morgan fingerprint density at radius 2 is 2.37 bits per heavy atom. The predicted octanol–water partition coefficient (Wildman–Crippen LogP) is 2.61. The van der Waals surface area contributed by atoms with Gasteiger partial charge < -0.3 is 9.26 Å². The van der Waals surface area contributed by atoms with Crippen molar-refractivity contribution in [1.29, 1.82) is 0 Å². The zero-order valence-corrected chi connectivity index (χ0v) is 11.5. The third-order valence-corrected chi connectivity index (χ3v) is 4.86. The smallest absolute Gasteiger partial charge is 0.231 e. The average Bonchev–Trinajstić information content (AvgIpc) is 3.11. The maximum atomic E-state index is 5.85. The van der Waals surface area contributed by atoms with Crippen molar-refractivity contribution in [2.75, 3.05) is 0 Å². The van der Waals surface area contributed by atoms with Crippen molar-refractivity contribution in [3.63, 3.8) is 0 Å². The Bertz CT molecular complexity index is 594. The number of ether oxygens (including phenoxy) is 1. The summed E-state index contributed by atoms with van der Waals surface area (Å²) in [5, 5.41) is 4.86. The van der Waals surface area contributed by atoms with Crippen LogP contribution in [0.25, 0.3) is 10.8 Å². The molecule has 0 aliphatic carbocycles. The average molecular weight is 277 g/mol. The molecule has 2 aromatic heterocycles. The van der Waals surface area contributed by atoms with E-state index in [1.54, 1.807) is 11.3 Å². The first-order valence-corrected chi connectivity index (χ1v) is 7.50. The standard InChI is InChI=1S/C13H15N3O2S/c1-7-6-14-13(19-7)12-15-11(18-16-12)5-8-4-9-2-3-10(8)17-9/h6,8-10H,2-5H2,1H3. The van der Waals surface area contributed by atoms with E-state index in [2.05, 4.69) is 15.1 Å². The van der Waals surface area contributed by atoms with Crippen molar-refractivity contribution in [1.82, 2.24) is 15.1 Å². The van der Waals surface area contributed by atoms with E-state index in [9.17, 15) is 0 Å². The van der Waals surface area contributed by atoms with Crippen LogP contribution in [0.4, 0.5) is 0 Å². The third-order valence-electron chi connectivity index (χ3n) is 3.95. The maximum Gasteiger partial charge on any atom is 0.231 e. The van der Waals surface area contributed by atoms with Crippen LogP contribution in [0, 0.1) is 12.8 Å². The van der Waals surface area contributed by atoms with Gasteiger partial charge in [0, 0.05) is 17.5 Å². The Labute approximate surface area is 115 Å². The molecule has 0 N–H and O–H groups in total. The minimum Gasteiger partial charge on any atom is -0.375 e. The quantitative estimate of drug-likeness (QED) is 0.863. The fourth-order valence-corrected chi connectivity index (χ4v) is 3.75. The van der Waals surface area contributed by atoms with E-state index >= 15 is 0 Å². The Morgan fingerprint density at radius 3 is 3.05 bits per heavy atom. The van der Waals surface area contributed by atoms with Crippen molar-refractivity contribution in [3.05, 3.63) is 17.0 Å². The highest BCUT2D eigenvalue weighted by Gasteiger charge is 2.41. The molecule has 100 valence electrons. The molecule has 0 spiro atoms. The van der Waals surface area contributed by atoms with Crippen molar-refractivity contribution in [3.8, 4) is 10.8 Å². The molecular weight excluding hydrogens is 262 g/mol. The van der Waals surface area contributed by atoms with E-state index in [1.165, 1.54) is 12.8 Å². The lowest BCUT2D eigenvalue weighted by Crippen LogP contribution is -2.18. The zero-order valence-electron chi connectivity index (χ0n) is 10.7. The summed E-state index contributed by atoms with van der Waals surface area (Å²) < 4.78 is 11.2. The van der Waals surface area contributed by atoms with E-state index in [0.29, 0.717) is 29.8 Å². The Balaban J connectivity index is 1.49. The van der Waals surface area contributed by atoms with Crippen LogP contribution < -0.4 is 0 Å². The fourth-order valence-electron chi connectivity index (χ4n) is 3.06. The van der Waals surface area contributed by atoms with E-state index in [0.717, 1.165) is 22.7 Å². The molecule has 2 saturated heterocycles. The first-order valence-electron chi connectivity index (χ1n) is 6.69. The van der Waals surface area contributed by atoms with Crippen LogP contribution in [0.3, 0.4) is 0 Å². The topological polar surface area (TPSA) is 61.0 Å². The van der Waals surface area contributed by atoms with E-state index in [-0.39, 0.29) is 0 Å². The highest BCUT2D eigenvalue weighted by molar-refractivity contribution is 7.14. The third kappa shape index (κ3) is 2.08. The summed E-state index contributed by atoms with van der Waals surface area (Å²) in [6.45, 7) is 2.02. The second-order valence-electron chi connectivity index (χ2n) is 5.36. The van der Waals surface area contributed by atoms with Gasteiger partial charge in [-0.3, -0.25) is 0 Å². The van der Waals surface area contributed by atoms with Gasteiger partial charge in [0.05, 0.1) is 12.2 Å². The van der Waals surface area contributed by atoms with Gasteiger partial charge in [-0.15, -0.1) is 11.3 Å². The molecule has 2 fully saturated rings. The molecule has 4 heterocycles. The summed E-state index contributed by atoms with van der Waals surface area (Å²) >= 11 is 1.59. The van der Waals surface area contributed by atoms with Crippen molar-refractivity contribution < 1.29 is 9.26 Å². The van der Waals surface area contributed by atoms with Crippen LogP contribution in [-0.2, 0) is 11.2 Å². The number of hydrogen-bond donors (Lipinski definition) is 0. The molecule has 2 aromatic rings. The van der Waals surface area contributed by atoms with Gasteiger partial charge in [0.2, 0.25) is 11.7 Å². The maximum absolute atomic E-state index is 5.85. The molecule has 4 rings (SSSR count). The van der Waals surface area contributed by atoms with Gasteiger partial charge in [0.1, 0.15) is 0 Å². The predicted molar refractivity (Wildman–Crippen MR) is 69.8 cm³/mol. The Morgan fingerprint density at radius 1 is 1.42 bits per heavy atom. The van der Waals surface area contributed by atoms with Crippen LogP contribution in [0.2, 0.25) is 0 Å². The summed E-state index contributed by atoms with van der Waals surface area (Å²) in [7, 11) is 0. The summed E-state index contributed by atoms with van der Waals surface area (Å²) in [4.78, 5) is 9.89. The van der Waals surface area contributed by atoms with Crippen molar-refractivity contribution in [2.45, 2.75) is 44.8 Å². The van der Waals surface area contributed by atoms with Crippen LogP contribution in [0.15, 0.2) is 10.7 Å². The lowest BCUT2D eigenvalue weighted by atomic mass is 9.87. The second-order valence-corrected chi connectivity index (χ2v) is 6.60. The fraction of sp³-hybridized carbons (Fsp3) is 0.615. The molecule has 0 aromatic carbocycles. The largest absolute Gasteiger partial charge is 0.375 e. The zero-order chi connectivity index (χ0) is 12.8. The molecule has 2 aliphatic heterocycles. The van der Waals surface area contributed by atoms with Gasteiger partial charge in [0.15, 0.2) is 5.01 Å². The first-order chi connectivity index (χ1) is 9.28. The monoisotopic (exact) mass is 277 g/mol. The number of aromatic nitrogens is 3. The Kier molecular flexibility index (Phi) is 2.66. The first kappa shape index (κ1) is 11.5. The van der Waals surface area contributed by atoms with E-state index in [1.807, 2.05) is 13.1 Å². The van der Waals surface area contributed by atoms with Crippen LogP contribution >= 0.6 is 11.3 Å². The van der Waals surface area contributed by atoms with Gasteiger partial charge in [-0.25, -0.2) is 4.98 Å². The van der Waals surface area contributed by atoms with Crippen LogP contribution in [0.5, 0.6) is 0 Å². The van der Waals surface area contributed by atoms with Gasteiger partial charge >= 0.3 is 0 Å². The summed E-state index contributed by atoms with van der Waals surface area (Å²) in [5.41, 5.74) is 0. The molecule has 19 heavy (non-hydrogen) atoms. The second kappa shape index (κ2) is 4.38. The molecule has 3 unspecified atom stereocenters. The van der Waals surface area contributed by atoms with Gasteiger partial charge in [-0.05, 0) is 32.1 Å². The summed E-state index contributed by atoms with van der Waals surface area (Å²) in [6, 6.07) is 0. The highest BCUT2D eigenvalue weighted by atomic mass is 32.1. The van der Waals surface area contributed by atoms with Crippen LogP contribution in [-0.4, -0.2) is 27.3 Å². The molecule has 2 bridgehead atoms. The van der Waals surface area contributed by atoms with Crippen molar-refractivity contribution >= 4 is 11.3 Å². The number of rotatable bonds is 3. The molecule has 0 amide bonds. The normalized spacial score (nSPS) is 29.2. The summed E-state index contributed by atoms with van der Waals surface area (Å²) in [5.74, 6) is 1.87. The lowest BCUT2D eigenvalue weighted by Gasteiger charge is -2.15. The SMILES string of the molecule is Cc1cnc(-c2noc(CC3CC4CCC3O4)n2)s1. The molecular formula is C13H15N3O2S. The number of thiazole rings is 1. The van der Waals surface area contributed by atoms with Gasteiger partial charge in [-0.1, -0.05) is 5.16 Å². The van der Waals surface area contributed by atoms with Gasteiger partial charge in [-0.2, -0.15) is 4.98 Å². The molecule has 2 aliphatic rings. The highest BCUT2D eigenvalue weighted by Crippen LogP contribution is 2.40. The minimum atomic E-state index is 0.405. The van der Waals surface area contributed by atoms with E-state index < -0.39 is 0 Å². The lowest BCUT2D eigenvalue weighted by molar-refractivity contribution is 0.0913. The van der Waals surface area contributed by atoms with Gasteiger partial charge in [0.25, 0.3) is 0 Å². The molecule has 3 atom stereocenters. The number of hydrogen-bond acceptors (Lipinski definition) is 6. The number of nitrogens with zero attached hydrogens (tertiary/aromatic N) is 3. The van der Waals surface area contributed by atoms with E-state index in [4.69, 9.17) is 9.26 Å². The molecule has 6 heteroatoms. The molecule has 0 radical (unpaired) electrons. The van der Waals surface area contributed by atoms with Crippen molar-refractivity contribution in [2.24, 2.45) is 5.92 Å². The van der Waals surface area contributed by atoms with Crippen LogP contribution in [0.1, 0.15) is 30.0 Å². The molecule has 5 nitrogen and oxygen atoms in total. The summed E-state index contributed by atoms with van der Waals surface area (Å²) in [6.07, 6.45) is 7.08. The number of fused-ring (bicyclic) bond motifs is 2. The minimum absolute atomic E-state index is 0.405.